The van der Waals surface area contributed by atoms with Gasteiger partial charge in [0.15, 0.2) is 0 Å². The van der Waals surface area contributed by atoms with Crippen LogP contribution in [0.4, 0.5) is 10.5 Å². The standard InChI is InChI=1S/C13H18ClN3O3/c1-4-15-13(19)17-12(18)7-16-10-5-8(2)9(14)6-11(10)20-3/h5-6,16H,4,7H2,1-3H3,(H2,15,17,18,19). The van der Waals surface area contributed by atoms with Crippen molar-refractivity contribution in [1.82, 2.24) is 10.6 Å². The highest BCUT2D eigenvalue weighted by molar-refractivity contribution is 6.31. The van der Waals surface area contributed by atoms with Crippen molar-refractivity contribution in [3.8, 4) is 5.75 Å². The highest BCUT2D eigenvalue weighted by Gasteiger charge is 2.10. The number of urea groups is 1. The Morgan fingerprint density at radius 2 is 2.05 bits per heavy atom. The molecule has 0 aliphatic carbocycles. The summed E-state index contributed by atoms with van der Waals surface area (Å²) in [7, 11) is 1.51. The Balaban J connectivity index is 2.63. The van der Waals surface area contributed by atoms with E-state index in [-0.39, 0.29) is 6.54 Å². The lowest BCUT2D eigenvalue weighted by atomic mass is 10.2. The maximum Gasteiger partial charge on any atom is 0.321 e. The normalized spacial score (nSPS) is 9.80. The summed E-state index contributed by atoms with van der Waals surface area (Å²) in [5.74, 6) is 0.0945. The van der Waals surface area contributed by atoms with Gasteiger partial charge in [0.1, 0.15) is 5.75 Å². The fourth-order valence-corrected chi connectivity index (χ4v) is 1.68. The molecule has 3 amide bonds. The largest absolute Gasteiger partial charge is 0.495 e. The second kappa shape index (κ2) is 7.59. The lowest BCUT2D eigenvalue weighted by Gasteiger charge is -2.13. The van der Waals surface area contributed by atoms with Crippen molar-refractivity contribution in [2.45, 2.75) is 13.8 Å². The minimum atomic E-state index is -0.515. The average molecular weight is 300 g/mol. The van der Waals surface area contributed by atoms with Crippen LogP contribution in [-0.2, 0) is 4.79 Å². The van der Waals surface area contributed by atoms with Crippen molar-refractivity contribution >= 4 is 29.2 Å². The van der Waals surface area contributed by atoms with Gasteiger partial charge in [-0.3, -0.25) is 10.1 Å². The molecule has 0 saturated heterocycles. The predicted octanol–water partition coefficient (Wildman–Crippen LogP) is 1.91. The fraction of sp³-hybridized carbons (Fsp3) is 0.385. The molecule has 20 heavy (non-hydrogen) atoms. The lowest BCUT2D eigenvalue weighted by Crippen LogP contribution is -2.41. The first-order chi connectivity index (χ1) is 9.47. The van der Waals surface area contributed by atoms with E-state index in [4.69, 9.17) is 16.3 Å². The number of aryl methyl sites for hydroxylation is 1. The molecule has 0 atom stereocenters. The molecule has 0 heterocycles. The summed E-state index contributed by atoms with van der Waals surface area (Å²) in [6.07, 6.45) is 0. The molecule has 6 nitrogen and oxygen atoms in total. The van der Waals surface area contributed by atoms with Gasteiger partial charge in [0.2, 0.25) is 5.91 Å². The summed E-state index contributed by atoms with van der Waals surface area (Å²) in [6.45, 7) is 4.02. The van der Waals surface area contributed by atoms with Gasteiger partial charge in [0.25, 0.3) is 0 Å². The van der Waals surface area contributed by atoms with E-state index in [1.807, 2.05) is 6.92 Å². The predicted molar refractivity (Wildman–Crippen MR) is 78.4 cm³/mol. The van der Waals surface area contributed by atoms with Gasteiger partial charge in [-0.25, -0.2) is 4.79 Å². The van der Waals surface area contributed by atoms with Gasteiger partial charge < -0.3 is 15.4 Å². The van der Waals surface area contributed by atoms with Gasteiger partial charge in [-0.2, -0.15) is 0 Å². The lowest BCUT2D eigenvalue weighted by molar-refractivity contribution is -0.118. The SMILES string of the molecule is CCNC(=O)NC(=O)CNc1cc(C)c(Cl)cc1OC. The highest BCUT2D eigenvalue weighted by atomic mass is 35.5. The third-order valence-electron chi connectivity index (χ3n) is 2.51. The van der Waals surface area contributed by atoms with Crippen molar-refractivity contribution in [3.63, 3.8) is 0 Å². The number of ether oxygens (including phenoxy) is 1. The smallest absolute Gasteiger partial charge is 0.321 e. The Kier molecular flexibility index (Phi) is 6.11. The minimum Gasteiger partial charge on any atom is -0.495 e. The first kappa shape index (κ1) is 16.1. The van der Waals surface area contributed by atoms with Crippen molar-refractivity contribution in [2.75, 3.05) is 25.5 Å². The molecular weight excluding hydrogens is 282 g/mol. The van der Waals surface area contributed by atoms with Crippen molar-refractivity contribution in [3.05, 3.63) is 22.7 Å². The van der Waals surface area contributed by atoms with Crippen LogP contribution in [0.3, 0.4) is 0 Å². The summed E-state index contributed by atoms with van der Waals surface area (Å²) in [6, 6.07) is 2.93. The third-order valence-corrected chi connectivity index (χ3v) is 2.92. The monoisotopic (exact) mass is 299 g/mol. The summed E-state index contributed by atoms with van der Waals surface area (Å²) in [5.41, 5.74) is 1.50. The summed E-state index contributed by atoms with van der Waals surface area (Å²) < 4.78 is 5.18. The number of rotatable bonds is 5. The molecule has 1 aromatic carbocycles. The fourth-order valence-electron chi connectivity index (χ4n) is 1.52. The minimum absolute atomic E-state index is 0.0471. The summed E-state index contributed by atoms with van der Waals surface area (Å²) in [5, 5.41) is 8.16. The van der Waals surface area contributed by atoms with Gasteiger partial charge in [-0.15, -0.1) is 0 Å². The molecule has 3 N–H and O–H groups in total. The van der Waals surface area contributed by atoms with Gasteiger partial charge in [0.05, 0.1) is 19.3 Å². The van der Waals surface area contributed by atoms with Gasteiger partial charge in [0, 0.05) is 17.6 Å². The van der Waals surface area contributed by atoms with Crippen LogP contribution in [0.2, 0.25) is 5.02 Å². The van der Waals surface area contributed by atoms with E-state index in [0.717, 1.165) is 5.56 Å². The zero-order valence-electron chi connectivity index (χ0n) is 11.7. The van der Waals surface area contributed by atoms with Crippen LogP contribution in [0, 0.1) is 6.92 Å². The third kappa shape index (κ3) is 4.62. The van der Waals surface area contributed by atoms with E-state index >= 15 is 0 Å². The van der Waals surface area contributed by atoms with Crippen LogP contribution in [0.1, 0.15) is 12.5 Å². The molecule has 0 fully saturated rings. The van der Waals surface area contributed by atoms with Crippen LogP contribution in [0.15, 0.2) is 12.1 Å². The molecule has 0 radical (unpaired) electrons. The quantitative estimate of drug-likeness (QED) is 0.776. The first-order valence-electron chi connectivity index (χ1n) is 6.13. The van der Waals surface area contributed by atoms with E-state index in [1.54, 1.807) is 19.1 Å². The second-order valence-corrected chi connectivity index (χ2v) is 4.47. The van der Waals surface area contributed by atoms with Gasteiger partial charge in [-0.05, 0) is 25.5 Å². The van der Waals surface area contributed by atoms with Crippen molar-refractivity contribution < 1.29 is 14.3 Å². The average Bonchev–Trinajstić information content (AvgIpc) is 2.39. The van der Waals surface area contributed by atoms with Crippen molar-refractivity contribution in [2.24, 2.45) is 0 Å². The van der Waals surface area contributed by atoms with E-state index in [9.17, 15) is 9.59 Å². The van der Waals surface area contributed by atoms with Crippen LogP contribution in [0.5, 0.6) is 5.75 Å². The Bertz CT molecular complexity index is 506. The molecular formula is C13H18ClN3O3. The second-order valence-electron chi connectivity index (χ2n) is 4.06. The molecule has 0 aromatic heterocycles. The topological polar surface area (TPSA) is 79.5 Å². The van der Waals surface area contributed by atoms with E-state index in [0.29, 0.717) is 23.0 Å². The number of anilines is 1. The molecule has 0 spiro atoms. The molecule has 0 aliphatic rings. The number of benzene rings is 1. The summed E-state index contributed by atoms with van der Waals surface area (Å²) >= 11 is 5.99. The molecule has 1 aromatic rings. The number of carbonyl (C=O) groups is 2. The van der Waals surface area contributed by atoms with E-state index in [2.05, 4.69) is 16.0 Å². The molecule has 1 rings (SSSR count). The zero-order valence-corrected chi connectivity index (χ0v) is 12.4. The number of halogens is 1. The van der Waals surface area contributed by atoms with Crippen LogP contribution < -0.4 is 20.7 Å². The van der Waals surface area contributed by atoms with E-state index < -0.39 is 11.9 Å². The number of methoxy groups -OCH3 is 1. The maximum atomic E-state index is 11.6. The first-order valence-corrected chi connectivity index (χ1v) is 6.51. The molecule has 0 aliphatic heterocycles. The Labute approximate surface area is 122 Å². The van der Waals surface area contributed by atoms with Gasteiger partial charge >= 0.3 is 6.03 Å². The molecule has 0 saturated carbocycles. The van der Waals surface area contributed by atoms with E-state index in [1.165, 1.54) is 7.11 Å². The molecule has 7 heteroatoms. The van der Waals surface area contributed by atoms with Crippen LogP contribution in [0.25, 0.3) is 0 Å². The number of imide groups is 1. The number of amides is 3. The number of carbonyl (C=O) groups excluding carboxylic acids is 2. The maximum absolute atomic E-state index is 11.6. The number of hydrogen-bond acceptors (Lipinski definition) is 4. The molecule has 110 valence electrons. The molecule has 0 unspecified atom stereocenters. The molecule has 0 bridgehead atoms. The summed E-state index contributed by atoms with van der Waals surface area (Å²) in [4.78, 5) is 22.7. The number of hydrogen-bond donors (Lipinski definition) is 3. The Hall–Kier alpha value is -1.95. The van der Waals surface area contributed by atoms with Crippen LogP contribution in [-0.4, -0.2) is 32.1 Å². The zero-order chi connectivity index (χ0) is 15.1. The highest BCUT2D eigenvalue weighted by Crippen LogP contribution is 2.30. The van der Waals surface area contributed by atoms with Gasteiger partial charge in [-0.1, -0.05) is 11.6 Å². The Morgan fingerprint density at radius 3 is 2.65 bits per heavy atom. The number of nitrogens with one attached hydrogen (secondary N) is 3. The Morgan fingerprint density at radius 1 is 1.35 bits per heavy atom. The van der Waals surface area contributed by atoms with Crippen LogP contribution >= 0.6 is 11.6 Å². The van der Waals surface area contributed by atoms with Crippen molar-refractivity contribution in [1.29, 1.82) is 0 Å².